The molecule has 4 nitrogen and oxygen atoms in total. The molecule has 7 heteroatoms. The highest BCUT2D eigenvalue weighted by atomic mass is 19.4. The molecule has 0 aromatic heterocycles. The van der Waals surface area contributed by atoms with Crippen LogP contribution < -0.4 is 9.47 Å². The molecular weight excluding hydrogens is 287 g/mol. The van der Waals surface area contributed by atoms with Gasteiger partial charge in [-0.2, -0.15) is 13.2 Å². The number of aliphatic imine (C=N–C) groups is 1. The fourth-order valence-corrected chi connectivity index (χ4v) is 1.81. The molecule has 1 aromatic carbocycles. The minimum atomic E-state index is -4.41. The Morgan fingerprint density at radius 3 is 2.52 bits per heavy atom. The summed E-state index contributed by atoms with van der Waals surface area (Å²) in [7, 11) is 1.36. The standard InChI is InChI=1S/C14H16F3NO3/c1-13(2)7-21-12(18-13)9-4-5-10(19-3)11(6-9)20-8-14(15,16)17/h4-6H,7-8H2,1-3H3. The van der Waals surface area contributed by atoms with Gasteiger partial charge in [-0.1, -0.05) is 0 Å². The molecule has 1 aromatic rings. The van der Waals surface area contributed by atoms with Crippen LogP contribution in [0.1, 0.15) is 19.4 Å². The molecule has 1 aliphatic rings. The van der Waals surface area contributed by atoms with E-state index in [1.807, 2.05) is 13.8 Å². The van der Waals surface area contributed by atoms with Gasteiger partial charge < -0.3 is 14.2 Å². The molecule has 116 valence electrons. The van der Waals surface area contributed by atoms with E-state index in [-0.39, 0.29) is 17.0 Å². The maximum Gasteiger partial charge on any atom is 0.422 e. The number of hydrogen-bond acceptors (Lipinski definition) is 4. The van der Waals surface area contributed by atoms with Gasteiger partial charge in [0.25, 0.3) is 0 Å². The minimum Gasteiger partial charge on any atom is -0.493 e. The lowest BCUT2D eigenvalue weighted by Crippen LogP contribution is -2.19. The second-order valence-electron chi connectivity index (χ2n) is 5.29. The molecule has 0 bridgehead atoms. The van der Waals surface area contributed by atoms with Gasteiger partial charge in [0, 0.05) is 5.56 Å². The van der Waals surface area contributed by atoms with Gasteiger partial charge in [-0.05, 0) is 32.0 Å². The zero-order valence-corrected chi connectivity index (χ0v) is 12.0. The average molecular weight is 303 g/mol. The van der Waals surface area contributed by atoms with Gasteiger partial charge in [0.05, 0.1) is 12.6 Å². The number of alkyl halides is 3. The summed E-state index contributed by atoms with van der Waals surface area (Å²) >= 11 is 0. The summed E-state index contributed by atoms with van der Waals surface area (Å²) in [5.41, 5.74) is 0.209. The van der Waals surface area contributed by atoms with Crippen LogP contribution in [0.2, 0.25) is 0 Å². The van der Waals surface area contributed by atoms with Crippen molar-refractivity contribution in [3.8, 4) is 11.5 Å². The minimum absolute atomic E-state index is 0.00308. The van der Waals surface area contributed by atoms with Gasteiger partial charge in [0.15, 0.2) is 18.1 Å². The van der Waals surface area contributed by atoms with E-state index in [1.165, 1.54) is 19.2 Å². The Hall–Kier alpha value is -1.92. The molecule has 0 saturated heterocycles. The van der Waals surface area contributed by atoms with Crippen molar-refractivity contribution in [1.82, 2.24) is 0 Å². The van der Waals surface area contributed by atoms with Crippen molar-refractivity contribution in [2.75, 3.05) is 20.3 Å². The van der Waals surface area contributed by atoms with E-state index < -0.39 is 12.8 Å². The second-order valence-corrected chi connectivity index (χ2v) is 5.29. The zero-order chi connectivity index (χ0) is 15.7. The Bertz CT molecular complexity index is 553. The fourth-order valence-electron chi connectivity index (χ4n) is 1.81. The van der Waals surface area contributed by atoms with Gasteiger partial charge in [-0.3, -0.25) is 0 Å². The largest absolute Gasteiger partial charge is 0.493 e. The van der Waals surface area contributed by atoms with Crippen LogP contribution in [0.4, 0.5) is 13.2 Å². The molecule has 2 rings (SSSR count). The van der Waals surface area contributed by atoms with Gasteiger partial charge in [0.2, 0.25) is 5.90 Å². The summed E-state index contributed by atoms with van der Waals surface area (Å²) in [6, 6.07) is 4.63. The van der Waals surface area contributed by atoms with Crippen LogP contribution in [0.25, 0.3) is 0 Å². The van der Waals surface area contributed by atoms with Crippen LogP contribution in [-0.2, 0) is 4.74 Å². The molecule has 0 fully saturated rings. The van der Waals surface area contributed by atoms with E-state index in [2.05, 4.69) is 4.99 Å². The van der Waals surface area contributed by atoms with Crippen molar-refractivity contribution in [1.29, 1.82) is 0 Å². The van der Waals surface area contributed by atoms with Crippen molar-refractivity contribution < 1.29 is 27.4 Å². The fraction of sp³-hybridized carbons (Fsp3) is 0.500. The van der Waals surface area contributed by atoms with E-state index in [4.69, 9.17) is 14.2 Å². The lowest BCUT2D eigenvalue weighted by molar-refractivity contribution is -0.153. The third-order valence-corrected chi connectivity index (χ3v) is 2.77. The molecule has 0 spiro atoms. The molecule has 0 aliphatic carbocycles. The van der Waals surface area contributed by atoms with E-state index in [1.54, 1.807) is 6.07 Å². The summed E-state index contributed by atoms with van der Waals surface area (Å²) in [5, 5.41) is 0. The Kier molecular flexibility index (Phi) is 4.02. The molecular formula is C14H16F3NO3. The molecule has 1 heterocycles. The van der Waals surface area contributed by atoms with Crippen LogP contribution >= 0.6 is 0 Å². The topological polar surface area (TPSA) is 40.0 Å². The number of ether oxygens (including phenoxy) is 3. The van der Waals surface area contributed by atoms with Crippen LogP contribution in [0, 0.1) is 0 Å². The van der Waals surface area contributed by atoms with Crippen molar-refractivity contribution in [2.45, 2.75) is 25.6 Å². The predicted octanol–water partition coefficient (Wildman–Crippen LogP) is 3.19. The summed E-state index contributed by atoms with van der Waals surface area (Å²) < 4.78 is 52.0. The van der Waals surface area contributed by atoms with Crippen LogP contribution in [-0.4, -0.2) is 37.9 Å². The number of nitrogens with zero attached hydrogens (tertiary/aromatic N) is 1. The smallest absolute Gasteiger partial charge is 0.422 e. The van der Waals surface area contributed by atoms with Crippen molar-refractivity contribution >= 4 is 5.90 Å². The second kappa shape index (κ2) is 5.46. The first-order valence-corrected chi connectivity index (χ1v) is 6.31. The Balaban J connectivity index is 2.26. The molecule has 21 heavy (non-hydrogen) atoms. The van der Waals surface area contributed by atoms with Gasteiger partial charge in [-0.25, -0.2) is 4.99 Å². The third-order valence-electron chi connectivity index (χ3n) is 2.77. The Morgan fingerprint density at radius 1 is 1.29 bits per heavy atom. The number of rotatable bonds is 4. The van der Waals surface area contributed by atoms with Crippen LogP contribution in [0.5, 0.6) is 11.5 Å². The maximum absolute atomic E-state index is 12.3. The number of halogens is 3. The normalized spacial score (nSPS) is 17.1. The Labute approximate surface area is 120 Å². The molecule has 0 unspecified atom stereocenters. The average Bonchev–Trinajstić information content (AvgIpc) is 2.75. The first-order chi connectivity index (χ1) is 9.70. The van der Waals surface area contributed by atoms with Crippen LogP contribution in [0.3, 0.4) is 0 Å². The zero-order valence-electron chi connectivity index (χ0n) is 12.0. The molecule has 0 atom stereocenters. The van der Waals surface area contributed by atoms with E-state index in [9.17, 15) is 13.2 Å². The SMILES string of the molecule is COc1ccc(C2=NC(C)(C)CO2)cc1OCC(F)(F)F. The van der Waals surface area contributed by atoms with Gasteiger partial charge >= 0.3 is 6.18 Å². The number of methoxy groups -OCH3 is 1. The van der Waals surface area contributed by atoms with Crippen LogP contribution in [0.15, 0.2) is 23.2 Å². The summed E-state index contributed by atoms with van der Waals surface area (Å²) in [6.07, 6.45) is -4.41. The maximum atomic E-state index is 12.3. The highest BCUT2D eigenvalue weighted by Crippen LogP contribution is 2.31. The summed E-state index contributed by atoms with van der Waals surface area (Å²) in [4.78, 5) is 4.37. The van der Waals surface area contributed by atoms with E-state index in [0.717, 1.165) is 0 Å². The van der Waals surface area contributed by atoms with E-state index in [0.29, 0.717) is 18.1 Å². The monoisotopic (exact) mass is 303 g/mol. The van der Waals surface area contributed by atoms with Crippen molar-refractivity contribution in [3.05, 3.63) is 23.8 Å². The summed E-state index contributed by atoms with van der Waals surface area (Å²) in [5.74, 6) is 0.615. The molecule has 0 N–H and O–H groups in total. The Morgan fingerprint density at radius 2 is 2.00 bits per heavy atom. The molecule has 0 radical (unpaired) electrons. The first kappa shape index (κ1) is 15.5. The summed E-state index contributed by atoms with van der Waals surface area (Å²) in [6.45, 7) is 2.86. The predicted molar refractivity (Wildman–Crippen MR) is 71.1 cm³/mol. The molecule has 0 amide bonds. The lowest BCUT2D eigenvalue weighted by Gasteiger charge is -2.13. The van der Waals surface area contributed by atoms with Gasteiger partial charge in [-0.15, -0.1) is 0 Å². The first-order valence-electron chi connectivity index (χ1n) is 6.31. The van der Waals surface area contributed by atoms with Gasteiger partial charge in [0.1, 0.15) is 6.61 Å². The third kappa shape index (κ3) is 4.03. The highest BCUT2D eigenvalue weighted by Gasteiger charge is 2.30. The quantitative estimate of drug-likeness (QED) is 0.857. The van der Waals surface area contributed by atoms with E-state index >= 15 is 0 Å². The van der Waals surface area contributed by atoms with Crippen molar-refractivity contribution in [3.63, 3.8) is 0 Å². The van der Waals surface area contributed by atoms with Crippen molar-refractivity contribution in [2.24, 2.45) is 4.99 Å². The molecule has 1 aliphatic heterocycles. The molecule has 0 saturated carbocycles. The highest BCUT2D eigenvalue weighted by molar-refractivity contribution is 5.96. The number of benzene rings is 1. The lowest BCUT2D eigenvalue weighted by atomic mass is 10.1. The number of hydrogen-bond donors (Lipinski definition) is 0.